The van der Waals surface area contributed by atoms with Crippen molar-refractivity contribution in [2.75, 3.05) is 19.8 Å². The fraction of sp³-hybridized carbons (Fsp3) is 0.375. The minimum absolute atomic E-state index is 0.354. The molecule has 0 radical (unpaired) electrons. The van der Waals surface area contributed by atoms with Crippen LogP contribution >= 0.6 is 11.3 Å². The Morgan fingerprint density at radius 3 is 2.55 bits per heavy atom. The molecular weight excluding hydrogens is 270 g/mol. The number of benzene rings is 1. The van der Waals surface area contributed by atoms with Crippen LogP contribution in [0.15, 0.2) is 41.1 Å². The molecule has 1 unspecified atom stereocenters. The molecule has 0 bridgehead atoms. The summed E-state index contributed by atoms with van der Waals surface area (Å²) in [6.07, 6.45) is 0. The van der Waals surface area contributed by atoms with Crippen LogP contribution in [0.2, 0.25) is 0 Å². The van der Waals surface area contributed by atoms with Gasteiger partial charge in [-0.2, -0.15) is 11.3 Å². The van der Waals surface area contributed by atoms with Crippen molar-refractivity contribution in [1.82, 2.24) is 5.32 Å². The maximum absolute atomic E-state index is 5.77. The molecule has 0 spiro atoms. The number of hydrogen-bond acceptors (Lipinski definition) is 4. The minimum atomic E-state index is 0.354. The van der Waals surface area contributed by atoms with Crippen molar-refractivity contribution in [3.63, 3.8) is 0 Å². The van der Waals surface area contributed by atoms with Crippen molar-refractivity contribution in [2.24, 2.45) is 0 Å². The van der Waals surface area contributed by atoms with E-state index in [0.29, 0.717) is 19.3 Å². The van der Waals surface area contributed by atoms with Crippen molar-refractivity contribution in [2.45, 2.75) is 19.9 Å². The first kappa shape index (κ1) is 14.9. The van der Waals surface area contributed by atoms with E-state index in [9.17, 15) is 0 Å². The second-order valence-electron chi connectivity index (χ2n) is 4.46. The molecule has 0 aliphatic heterocycles. The van der Waals surface area contributed by atoms with Crippen molar-refractivity contribution in [3.8, 4) is 11.5 Å². The van der Waals surface area contributed by atoms with Crippen LogP contribution in [0, 0.1) is 0 Å². The zero-order chi connectivity index (χ0) is 14.2. The van der Waals surface area contributed by atoms with Gasteiger partial charge >= 0.3 is 0 Å². The third-order valence-electron chi connectivity index (χ3n) is 3.00. The van der Waals surface area contributed by atoms with Gasteiger partial charge in [-0.25, -0.2) is 0 Å². The highest BCUT2D eigenvalue weighted by Gasteiger charge is 2.06. The van der Waals surface area contributed by atoms with Crippen LogP contribution < -0.4 is 14.8 Å². The van der Waals surface area contributed by atoms with Crippen LogP contribution in [0.4, 0.5) is 0 Å². The lowest BCUT2D eigenvalue weighted by molar-refractivity contribution is 0.273. The van der Waals surface area contributed by atoms with E-state index >= 15 is 0 Å². The SMILES string of the molecule is CCOc1ccccc1OCCNC(C)c1ccsc1. The predicted molar refractivity (Wildman–Crippen MR) is 83.8 cm³/mol. The molecule has 0 amide bonds. The summed E-state index contributed by atoms with van der Waals surface area (Å²) in [5, 5.41) is 7.72. The van der Waals surface area contributed by atoms with Gasteiger partial charge in [0, 0.05) is 12.6 Å². The molecule has 20 heavy (non-hydrogen) atoms. The van der Waals surface area contributed by atoms with Gasteiger partial charge in [0.25, 0.3) is 0 Å². The van der Waals surface area contributed by atoms with E-state index in [4.69, 9.17) is 9.47 Å². The summed E-state index contributed by atoms with van der Waals surface area (Å²) in [6, 6.07) is 10.3. The third-order valence-corrected chi connectivity index (χ3v) is 3.70. The lowest BCUT2D eigenvalue weighted by atomic mass is 10.2. The first-order valence-electron chi connectivity index (χ1n) is 6.91. The summed E-state index contributed by atoms with van der Waals surface area (Å²) in [7, 11) is 0. The van der Waals surface area contributed by atoms with E-state index in [0.717, 1.165) is 18.0 Å². The fourth-order valence-electron chi connectivity index (χ4n) is 1.92. The Kier molecular flexibility index (Phi) is 5.89. The largest absolute Gasteiger partial charge is 0.490 e. The van der Waals surface area contributed by atoms with Gasteiger partial charge in [-0.3, -0.25) is 0 Å². The molecule has 0 fully saturated rings. The molecule has 0 aliphatic rings. The van der Waals surface area contributed by atoms with Crippen LogP contribution in [0.25, 0.3) is 0 Å². The van der Waals surface area contributed by atoms with Crippen molar-refractivity contribution in [1.29, 1.82) is 0 Å². The molecule has 1 N–H and O–H groups in total. The highest BCUT2D eigenvalue weighted by molar-refractivity contribution is 7.07. The van der Waals surface area contributed by atoms with Gasteiger partial charge in [0.1, 0.15) is 6.61 Å². The first-order valence-corrected chi connectivity index (χ1v) is 7.85. The molecular formula is C16H21NO2S. The van der Waals surface area contributed by atoms with Gasteiger partial charge < -0.3 is 14.8 Å². The average Bonchev–Trinajstić information content (AvgIpc) is 2.99. The van der Waals surface area contributed by atoms with Crippen molar-refractivity contribution in [3.05, 3.63) is 46.7 Å². The summed E-state index contributed by atoms with van der Waals surface area (Å²) in [4.78, 5) is 0. The first-order chi connectivity index (χ1) is 9.81. The van der Waals surface area contributed by atoms with E-state index in [2.05, 4.69) is 29.1 Å². The van der Waals surface area contributed by atoms with E-state index in [1.165, 1.54) is 5.56 Å². The topological polar surface area (TPSA) is 30.5 Å². The monoisotopic (exact) mass is 291 g/mol. The Hall–Kier alpha value is -1.52. The van der Waals surface area contributed by atoms with Crippen molar-refractivity contribution >= 4 is 11.3 Å². The predicted octanol–water partition coefficient (Wildman–Crippen LogP) is 3.88. The van der Waals surface area contributed by atoms with E-state index in [-0.39, 0.29) is 0 Å². The molecule has 0 saturated heterocycles. The summed E-state index contributed by atoms with van der Waals surface area (Å²) in [5.41, 5.74) is 1.32. The second kappa shape index (κ2) is 7.92. The zero-order valence-corrected chi connectivity index (χ0v) is 12.8. The minimum Gasteiger partial charge on any atom is -0.490 e. The van der Waals surface area contributed by atoms with Gasteiger partial charge in [0.15, 0.2) is 11.5 Å². The number of ether oxygens (including phenoxy) is 2. The smallest absolute Gasteiger partial charge is 0.161 e. The number of thiophene rings is 1. The van der Waals surface area contributed by atoms with Crippen LogP contribution in [-0.4, -0.2) is 19.8 Å². The Balaban J connectivity index is 1.76. The molecule has 2 aromatic rings. The van der Waals surface area contributed by atoms with Gasteiger partial charge in [0.05, 0.1) is 6.61 Å². The highest BCUT2D eigenvalue weighted by atomic mass is 32.1. The third kappa shape index (κ3) is 4.25. The second-order valence-corrected chi connectivity index (χ2v) is 5.24. The number of para-hydroxylation sites is 2. The van der Waals surface area contributed by atoms with Gasteiger partial charge in [-0.1, -0.05) is 12.1 Å². The summed E-state index contributed by atoms with van der Waals surface area (Å²) in [6.45, 7) is 6.21. The highest BCUT2D eigenvalue weighted by Crippen LogP contribution is 2.26. The molecule has 1 aromatic carbocycles. The molecule has 1 aromatic heterocycles. The average molecular weight is 291 g/mol. The number of rotatable bonds is 8. The molecule has 1 heterocycles. The standard InChI is InChI=1S/C16H21NO2S/c1-3-18-15-6-4-5-7-16(15)19-10-9-17-13(2)14-8-11-20-12-14/h4-8,11-13,17H,3,9-10H2,1-2H3. The zero-order valence-electron chi connectivity index (χ0n) is 12.0. The molecule has 3 nitrogen and oxygen atoms in total. The molecule has 1 atom stereocenters. The van der Waals surface area contributed by atoms with Crippen LogP contribution in [0.1, 0.15) is 25.5 Å². The van der Waals surface area contributed by atoms with E-state index < -0.39 is 0 Å². The molecule has 2 rings (SSSR count). The molecule has 0 saturated carbocycles. The lowest BCUT2D eigenvalue weighted by Gasteiger charge is -2.14. The quantitative estimate of drug-likeness (QED) is 0.749. The van der Waals surface area contributed by atoms with Crippen molar-refractivity contribution < 1.29 is 9.47 Å². The van der Waals surface area contributed by atoms with Crippen LogP contribution in [0.5, 0.6) is 11.5 Å². The Morgan fingerprint density at radius 2 is 1.90 bits per heavy atom. The number of nitrogens with one attached hydrogen (secondary N) is 1. The van der Waals surface area contributed by atoms with Crippen LogP contribution in [-0.2, 0) is 0 Å². The Bertz CT molecular complexity index is 499. The van der Waals surface area contributed by atoms with E-state index in [1.54, 1.807) is 11.3 Å². The number of hydrogen-bond donors (Lipinski definition) is 1. The molecule has 0 aliphatic carbocycles. The van der Waals surface area contributed by atoms with Gasteiger partial charge in [-0.05, 0) is 48.4 Å². The summed E-state index contributed by atoms with van der Waals surface area (Å²) >= 11 is 1.72. The van der Waals surface area contributed by atoms with Gasteiger partial charge in [-0.15, -0.1) is 0 Å². The van der Waals surface area contributed by atoms with Gasteiger partial charge in [0.2, 0.25) is 0 Å². The summed E-state index contributed by atoms with van der Waals surface area (Å²) < 4.78 is 11.3. The Labute approximate surface area is 124 Å². The summed E-state index contributed by atoms with van der Waals surface area (Å²) in [5.74, 6) is 1.61. The molecule has 4 heteroatoms. The normalized spacial score (nSPS) is 12.1. The van der Waals surface area contributed by atoms with Crippen LogP contribution in [0.3, 0.4) is 0 Å². The lowest BCUT2D eigenvalue weighted by Crippen LogP contribution is -2.24. The fourth-order valence-corrected chi connectivity index (χ4v) is 2.67. The Morgan fingerprint density at radius 1 is 1.15 bits per heavy atom. The maximum atomic E-state index is 5.77. The molecule has 108 valence electrons. The van der Waals surface area contributed by atoms with E-state index in [1.807, 2.05) is 31.2 Å². The maximum Gasteiger partial charge on any atom is 0.161 e.